The molecule has 0 saturated carbocycles. The van der Waals surface area contributed by atoms with Crippen LogP contribution in [-0.2, 0) is 4.79 Å². The quantitative estimate of drug-likeness (QED) is 0.830. The average Bonchev–Trinajstić information content (AvgIpc) is 2.09. The van der Waals surface area contributed by atoms with Gasteiger partial charge >= 0.3 is 5.97 Å². The molecule has 0 spiro atoms. The summed E-state index contributed by atoms with van der Waals surface area (Å²) in [6.45, 7) is 1.85. The molecule has 1 aromatic heterocycles. The van der Waals surface area contributed by atoms with E-state index in [-0.39, 0.29) is 0 Å². The van der Waals surface area contributed by atoms with E-state index in [1.807, 2.05) is 6.92 Å². The van der Waals surface area contributed by atoms with Gasteiger partial charge in [0.25, 0.3) is 0 Å². The van der Waals surface area contributed by atoms with Gasteiger partial charge in [0.05, 0.1) is 5.92 Å². The van der Waals surface area contributed by atoms with Gasteiger partial charge in [0, 0.05) is 6.20 Å². The van der Waals surface area contributed by atoms with Gasteiger partial charge in [0.15, 0.2) is 0 Å². The third kappa shape index (κ3) is 2.28. The van der Waals surface area contributed by atoms with Crippen LogP contribution in [-0.4, -0.2) is 16.1 Å². The van der Waals surface area contributed by atoms with Crippen molar-refractivity contribution in [3.63, 3.8) is 0 Å². The highest BCUT2D eigenvalue weighted by atomic mass is 79.9. The lowest BCUT2D eigenvalue weighted by atomic mass is 9.99. The number of aromatic nitrogens is 1. The first-order valence-electron chi connectivity index (χ1n) is 4.00. The summed E-state index contributed by atoms with van der Waals surface area (Å²) in [7, 11) is 0. The largest absolute Gasteiger partial charge is 0.481 e. The van der Waals surface area contributed by atoms with Crippen LogP contribution in [0.15, 0.2) is 22.9 Å². The maximum atomic E-state index is 10.8. The number of rotatable bonds is 3. The molecule has 1 aromatic rings. The molecule has 1 atom stereocenters. The molecule has 0 radical (unpaired) electrons. The monoisotopic (exact) mass is 243 g/mol. The van der Waals surface area contributed by atoms with Crippen LogP contribution in [0.5, 0.6) is 0 Å². The Bertz CT molecular complexity index is 314. The number of carbonyl (C=O) groups is 1. The smallest absolute Gasteiger partial charge is 0.311 e. The van der Waals surface area contributed by atoms with E-state index in [0.29, 0.717) is 11.0 Å². The molecular weight excluding hydrogens is 234 g/mol. The summed E-state index contributed by atoms with van der Waals surface area (Å²) in [6, 6.07) is 3.52. The van der Waals surface area contributed by atoms with Crippen LogP contribution in [0.3, 0.4) is 0 Å². The van der Waals surface area contributed by atoms with Crippen molar-refractivity contribution in [2.75, 3.05) is 0 Å². The van der Waals surface area contributed by atoms with Gasteiger partial charge in [-0.15, -0.1) is 0 Å². The van der Waals surface area contributed by atoms with Crippen molar-refractivity contribution >= 4 is 21.9 Å². The molecule has 70 valence electrons. The van der Waals surface area contributed by atoms with Crippen LogP contribution in [0.25, 0.3) is 0 Å². The Balaban J connectivity index is 3.04. The molecule has 0 bridgehead atoms. The molecule has 0 aliphatic rings. The number of carboxylic acids is 1. The molecular formula is C9H10BrNO2. The highest BCUT2D eigenvalue weighted by Crippen LogP contribution is 2.25. The van der Waals surface area contributed by atoms with Crippen molar-refractivity contribution in [1.29, 1.82) is 0 Å². The molecule has 1 heterocycles. The van der Waals surface area contributed by atoms with E-state index in [2.05, 4.69) is 20.9 Å². The molecule has 0 fully saturated rings. The fourth-order valence-corrected chi connectivity index (χ4v) is 1.71. The molecule has 1 rings (SSSR count). The lowest BCUT2D eigenvalue weighted by Gasteiger charge is -2.10. The van der Waals surface area contributed by atoms with Crippen molar-refractivity contribution in [2.45, 2.75) is 19.3 Å². The number of pyridine rings is 1. The molecule has 0 aromatic carbocycles. The third-order valence-electron chi connectivity index (χ3n) is 1.87. The van der Waals surface area contributed by atoms with Crippen LogP contribution in [0, 0.1) is 0 Å². The molecule has 3 nitrogen and oxygen atoms in total. The van der Waals surface area contributed by atoms with Gasteiger partial charge in [-0.1, -0.05) is 13.0 Å². The molecule has 0 saturated heterocycles. The third-order valence-corrected chi connectivity index (χ3v) is 2.53. The lowest BCUT2D eigenvalue weighted by Crippen LogP contribution is -2.11. The average molecular weight is 244 g/mol. The summed E-state index contributed by atoms with van der Waals surface area (Å²) in [6.07, 6.45) is 2.20. The fourth-order valence-electron chi connectivity index (χ4n) is 1.19. The summed E-state index contributed by atoms with van der Waals surface area (Å²) in [4.78, 5) is 14.8. The molecule has 1 unspecified atom stereocenters. The molecule has 0 amide bonds. The highest BCUT2D eigenvalue weighted by Gasteiger charge is 2.19. The zero-order chi connectivity index (χ0) is 9.84. The Kier molecular flexibility index (Phi) is 3.42. The van der Waals surface area contributed by atoms with Crippen LogP contribution in [0.2, 0.25) is 0 Å². The molecule has 4 heteroatoms. The maximum Gasteiger partial charge on any atom is 0.311 e. The Morgan fingerprint density at radius 1 is 1.77 bits per heavy atom. The molecule has 0 aliphatic carbocycles. The minimum absolute atomic E-state index is 0.469. The van der Waals surface area contributed by atoms with Gasteiger partial charge in [0.1, 0.15) is 4.60 Å². The SMILES string of the molecule is CCC(C(=O)O)c1cccnc1Br. The summed E-state index contributed by atoms with van der Waals surface area (Å²) in [5.74, 6) is -1.28. The van der Waals surface area contributed by atoms with Gasteiger partial charge < -0.3 is 5.11 Å². The second-order valence-electron chi connectivity index (χ2n) is 2.68. The van der Waals surface area contributed by atoms with Crippen LogP contribution >= 0.6 is 15.9 Å². The number of carboxylic acid groups (broad SMARTS) is 1. The van der Waals surface area contributed by atoms with Crippen molar-refractivity contribution in [2.24, 2.45) is 0 Å². The first kappa shape index (κ1) is 10.2. The minimum Gasteiger partial charge on any atom is -0.481 e. The van der Waals surface area contributed by atoms with Crippen molar-refractivity contribution in [3.8, 4) is 0 Å². The van der Waals surface area contributed by atoms with E-state index in [4.69, 9.17) is 5.11 Å². The standard InChI is InChI=1S/C9H10BrNO2/c1-2-6(9(12)13)7-4-3-5-11-8(7)10/h3-6H,2H2,1H3,(H,12,13). The van der Waals surface area contributed by atoms with Crippen molar-refractivity contribution < 1.29 is 9.90 Å². The second kappa shape index (κ2) is 4.37. The summed E-state index contributed by atoms with van der Waals surface area (Å²) in [5.41, 5.74) is 0.734. The summed E-state index contributed by atoms with van der Waals surface area (Å²) >= 11 is 3.23. The van der Waals surface area contributed by atoms with Gasteiger partial charge in [-0.2, -0.15) is 0 Å². The van der Waals surface area contributed by atoms with Gasteiger partial charge in [-0.05, 0) is 34.0 Å². The highest BCUT2D eigenvalue weighted by molar-refractivity contribution is 9.10. The van der Waals surface area contributed by atoms with Crippen LogP contribution < -0.4 is 0 Å². The first-order chi connectivity index (χ1) is 6.16. The number of hydrogen-bond donors (Lipinski definition) is 1. The minimum atomic E-state index is -0.809. The van der Waals surface area contributed by atoms with E-state index in [0.717, 1.165) is 5.56 Å². The number of halogens is 1. The number of aliphatic carboxylic acids is 1. The topological polar surface area (TPSA) is 50.2 Å². The predicted molar refractivity (Wildman–Crippen MR) is 52.6 cm³/mol. The zero-order valence-electron chi connectivity index (χ0n) is 7.20. The maximum absolute atomic E-state index is 10.8. The Labute approximate surface area is 84.9 Å². The second-order valence-corrected chi connectivity index (χ2v) is 3.43. The summed E-state index contributed by atoms with van der Waals surface area (Å²) in [5, 5.41) is 8.90. The normalized spacial score (nSPS) is 12.5. The molecule has 0 aliphatic heterocycles. The summed E-state index contributed by atoms with van der Waals surface area (Å²) < 4.78 is 0.615. The van der Waals surface area contributed by atoms with E-state index in [1.54, 1.807) is 18.3 Å². The van der Waals surface area contributed by atoms with Gasteiger partial charge in [0.2, 0.25) is 0 Å². The van der Waals surface area contributed by atoms with E-state index < -0.39 is 11.9 Å². The molecule has 13 heavy (non-hydrogen) atoms. The zero-order valence-corrected chi connectivity index (χ0v) is 8.78. The van der Waals surface area contributed by atoms with Crippen LogP contribution in [0.1, 0.15) is 24.8 Å². The fraction of sp³-hybridized carbons (Fsp3) is 0.333. The van der Waals surface area contributed by atoms with Gasteiger partial charge in [-0.3, -0.25) is 4.79 Å². The van der Waals surface area contributed by atoms with E-state index >= 15 is 0 Å². The Hall–Kier alpha value is -0.900. The number of nitrogens with zero attached hydrogens (tertiary/aromatic N) is 1. The number of hydrogen-bond acceptors (Lipinski definition) is 2. The predicted octanol–water partition coefficient (Wildman–Crippen LogP) is 2.42. The van der Waals surface area contributed by atoms with Crippen molar-refractivity contribution in [3.05, 3.63) is 28.5 Å². The van der Waals surface area contributed by atoms with E-state index in [9.17, 15) is 4.79 Å². The lowest BCUT2D eigenvalue weighted by molar-refractivity contribution is -0.138. The Morgan fingerprint density at radius 2 is 2.46 bits per heavy atom. The van der Waals surface area contributed by atoms with Crippen LogP contribution in [0.4, 0.5) is 0 Å². The van der Waals surface area contributed by atoms with E-state index in [1.165, 1.54) is 0 Å². The van der Waals surface area contributed by atoms with Crippen molar-refractivity contribution in [1.82, 2.24) is 4.98 Å². The van der Waals surface area contributed by atoms with Gasteiger partial charge in [-0.25, -0.2) is 4.98 Å². The molecule has 1 N–H and O–H groups in total. The Morgan fingerprint density at radius 3 is 2.92 bits per heavy atom. The first-order valence-corrected chi connectivity index (χ1v) is 4.79.